The number of carbonyl (C=O) groups excluding carboxylic acids is 2. The number of pyridine rings is 1. The maximum atomic E-state index is 11.7. The molecule has 0 unspecified atom stereocenters. The number of carbonyl (C=O) groups is 2. The lowest BCUT2D eigenvalue weighted by Crippen LogP contribution is -2.34. The number of nitrogens with zero attached hydrogens (tertiary/aromatic N) is 2. The predicted octanol–water partition coefficient (Wildman–Crippen LogP) is 1.33. The Morgan fingerprint density at radius 2 is 2.09 bits per heavy atom. The Morgan fingerprint density at radius 3 is 2.77 bits per heavy atom. The fraction of sp³-hybridized carbons (Fsp3) is 0.333. The van der Waals surface area contributed by atoms with Gasteiger partial charge in [0.2, 0.25) is 5.91 Å². The van der Waals surface area contributed by atoms with E-state index in [-0.39, 0.29) is 11.8 Å². The third-order valence-corrected chi connectivity index (χ3v) is 4.08. The number of rotatable bonds is 7. The van der Waals surface area contributed by atoms with E-state index in [4.69, 9.17) is 0 Å². The molecule has 0 saturated heterocycles. The molecule has 0 fully saturated rings. The van der Waals surface area contributed by atoms with Crippen molar-refractivity contribution in [2.45, 2.75) is 19.8 Å². The number of amides is 2. The summed E-state index contributed by atoms with van der Waals surface area (Å²) in [4.78, 5) is 32.6. The highest BCUT2D eigenvalue weighted by molar-refractivity contribution is 7.09. The Kier molecular flexibility index (Phi) is 6.02. The van der Waals surface area contributed by atoms with Gasteiger partial charge in [0.25, 0.3) is 5.91 Å². The van der Waals surface area contributed by atoms with E-state index >= 15 is 0 Å². The molecule has 0 aliphatic carbocycles. The van der Waals surface area contributed by atoms with Crippen LogP contribution in [0.1, 0.15) is 27.3 Å². The lowest BCUT2D eigenvalue weighted by molar-refractivity contribution is -0.121. The monoisotopic (exact) mass is 318 g/mol. The van der Waals surface area contributed by atoms with Gasteiger partial charge in [0.05, 0.1) is 16.8 Å². The van der Waals surface area contributed by atoms with Gasteiger partial charge in [-0.2, -0.15) is 0 Å². The van der Waals surface area contributed by atoms with E-state index in [0.717, 1.165) is 10.6 Å². The zero-order valence-electron chi connectivity index (χ0n) is 12.3. The number of hydrogen-bond donors (Lipinski definition) is 2. The summed E-state index contributed by atoms with van der Waals surface area (Å²) in [5.41, 5.74) is 3.28. The zero-order valence-corrected chi connectivity index (χ0v) is 13.2. The molecule has 0 aromatic carbocycles. The molecule has 116 valence electrons. The third-order valence-electron chi connectivity index (χ3n) is 3.08. The largest absolute Gasteiger partial charge is 0.354 e. The van der Waals surface area contributed by atoms with Crippen molar-refractivity contribution in [1.82, 2.24) is 20.6 Å². The molecule has 0 bridgehead atoms. The van der Waals surface area contributed by atoms with Gasteiger partial charge in [-0.3, -0.25) is 14.6 Å². The Morgan fingerprint density at radius 1 is 1.27 bits per heavy atom. The Hall–Kier alpha value is -2.28. The summed E-state index contributed by atoms with van der Waals surface area (Å²) in [5.74, 6) is -0.217. The second-order valence-electron chi connectivity index (χ2n) is 4.71. The van der Waals surface area contributed by atoms with Crippen molar-refractivity contribution < 1.29 is 9.59 Å². The molecule has 0 spiro atoms. The van der Waals surface area contributed by atoms with Crippen molar-refractivity contribution in [3.8, 4) is 0 Å². The van der Waals surface area contributed by atoms with Crippen LogP contribution in [-0.2, 0) is 11.2 Å². The first-order chi connectivity index (χ1) is 10.7. The fourth-order valence-electron chi connectivity index (χ4n) is 1.86. The number of aromatic nitrogens is 2. The van der Waals surface area contributed by atoms with Crippen molar-refractivity contribution >= 4 is 23.2 Å². The van der Waals surface area contributed by atoms with Gasteiger partial charge >= 0.3 is 0 Å². The highest BCUT2D eigenvalue weighted by Crippen LogP contribution is 2.13. The molecule has 2 heterocycles. The van der Waals surface area contributed by atoms with Gasteiger partial charge in [0.1, 0.15) is 0 Å². The molecule has 0 aliphatic rings. The van der Waals surface area contributed by atoms with E-state index < -0.39 is 0 Å². The number of aryl methyl sites for hydroxylation is 2. The Bertz CT molecular complexity index is 627. The molecule has 2 amide bonds. The summed E-state index contributed by atoms with van der Waals surface area (Å²) in [7, 11) is 0. The maximum Gasteiger partial charge on any atom is 0.252 e. The first-order valence-corrected chi connectivity index (χ1v) is 7.88. The Labute approximate surface area is 133 Å². The molecule has 6 nitrogen and oxygen atoms in total. The highest BCUT2D eigenvalue weighted by atomic mass is 32.1. The first kappa shape index (κ1) is 16.1. The van der Waals surface area contributed by atoms with Gasteiger partial charge in [0, 0.05) is 36.8 Å². The molecular formula is C15H18N4O2S. The average Bonchev–Trinajstić information content (AvgIpc) is 2.95. The van der Waals surface area contributed by atoms with E-state index in [1.54, 1.807) is 35.2 Å². The quantitative estimate of drug-likeness (QED) is 0.754. The lowest BCUT2D eigenvalue weighted by atomic mass is 10.2. The molecule has 2 aromatic rings. The molecule has 22 heavy (non-hydrogen) atoms. The smallest absolute Gasteiger partial charge is 0.252 e. The van der Waals surface area contributed by atoms with Crippen molar-refractivity contribution in [2.75, 3.05) is 13.1 Å². The minimum absolute atomic E-state index is 0.0246. The van der Waals surface area contributed by atoms with Gasteiger partial charge in [-0.1, -0.05) is 0 Å². The molecular weight excluding hydrogens is 300 g/mol. The summed E-state index contributed by atoms with van der Waals surface area (Å²) in [5, 5.41) is 5.52. The van der Waals surface area contributed by atoms with Crippen LogP contribution in [0.5, 0.6) is 0 Å². The van der Waals surface area contributed by atoms with Crippen molar-refractivity contribution in [1.29, 1.82) is 0 Å². The van der Waals surface area contributed by atoms with Crippen LogP contribution in [0.3, 0.4) is 0 Å². The normalized spacial score (nSPS) is 10.2. The third kappa shape index (κ3) is 4.92. The molecule has 2 N–H and O–H groups in total. The van der Waals surface area contributed by atoms with Crippen LogP contribution in [0.4, 0.5) is 0 Å². The van der Waals surface area contributed by atoms with Gasteiger partial charge in [0.15, 0.2) is 0 Å². The number of thiazole rings is 1. The second-order valence-corrected chi connectivity index (χ2v) is 5.65. The summed E-state index contributed by atoms with van der Waals surface area (Å²) >= 11 is 1.57. The van der Waals surface area contributed by atoms with Gasteiger partial charge in [-0.15, -0.1) is 11.3 Å². The molecule has 2 aromatic heterocycles. The molecule has 2 rings (SSSR count). The summed E-state index contributed by atoms with van der Waals surface area (Å²) in [6.07, 6.45) is 4.25. The van der Waals surface area contributed by atoms with Crippen molar-refractivity contribution in [3.63, 3.8) is 0 Å². The van der Waals surface area contributed by atoms with Crippen LogP contribution in [0.2, 0.25) is 0 Å². The van der Waals surface area contributed by atoms with Crippen molar-refractivity contribution in [2.24, 2.45) is 0 Å². The van der Waals surface area contributed by atoms with Crippen LogP contribution >= 0.6 is 11.3 Å². The zero-order chi connectivity index (χ0) is 15.8. The van der Waals surface area contributed by atoms with E-state index in [1.807, 2.05) is 6.92 Å². The molecule has 0 saturated carbocycles. The topological polar surface area (TPSA) is 84.0 Å². The standard InChI is InChI=1S/C15H18N4O2S/c1-11-13(22-10-19-11)4-5-14(20)17-7-8-18-15(21)12-3-2-6-16-9-12/h2-3,6,9-10H,4-5,7-8H2,1H3,(H,17,20)(H,18,21). The SMILES string of the molecule is Cc1ncsc1CCC(=O)NCCNC(=O)c1cccnc1. The minimum atomic E-state index is -0.192. The van der Waals surface area contributed by atoms with Gasteiger partial charge in [-0.25, -0.2) is 4.98 Å². The molecule has 7 heteroatoms. The lowest BCUT2D eigenvalue weighted by Gasteiger charge is -2.07. The molecule has 0 atom stereocenters. The van der Waals surface area contributed by atoms with Crippen LogP contribution in [0.25, 0.3) is 0 Å². The summed E-state index contributed by atoms with van der Waals surface area (Å²) in [6.45, 7) is 2.74. The van der Waals surface area contributed by atoms with Gasteiger partial charge in [-0.05, 0) is 25.5 Å². The highest BCUT2D eigenvalue weighted by Gasteiger charge is 2.07. The Balaban J connectivity index is 1.61. The minimum Gasteiger partial charge on any atom is -0.354 e. The van der Waals surface area contributed by atoms with E-state index in [0.29, 0.717) is 31.5 Å². The summed E-state index contributed by atoms with van der Waals surface area (Å²) < 4.78 is 0. The van der Waals surface area contributed by atoms with Crippen LogP contribution in [0.15, 0.2) is 30.0 Å². The van der Waals surface area contributed by atoms with Crippen LogP contribution in [-0.4, -0.2) is 34.9 Å². The van der Waals surface area contributed by atoms with Crippen LogP contribution < -0.4 is 10.6 Å². The number of hydrogen-bond acceptors (Lipinski definition) is 5. The second kappa shape index (κ2) is 8.23. The van der Waals surface area contributed by atoms with Crippen LogP contribution in [0, 0.1) is 6.92 Å². The number of nitrogens with one attached hydrogen (secondary N) is 2. The van der Waals surface area contributed by atoms with Crippen molar-refractivity contribution in [3.05, 3.63) is 46.2 Å². The molecule has 0 aliphatic heterocycles. The van der Waals surface area contributed by atoms with Gasteiger partial charge < -0.3 is 10.6 Å². The maximum absolute atomic E-state index is 11.7. The van der Waals surface area contributed by atoms with E-state index in [1.165, 1.54) is 6.20 Å². The van der Waals surface area contributed by atoms with E-state index in [9.17, 15) is 9.59 Å². The average molecular weight is 318 g/mol. The molecule has 0 radical (unpaired) electrons. The summed E-state index contributed by atoms with van der Waals surface area (Å²) in [6, 6.07) is 3.40. The predicted molar refractivity (Wildman–Crippen MR) is 84.8 cm³/mol. The first-order valence-electron chi connectivity index (χ1n) is 7.00. The van der Waals surface area contributed by atoms with E-state index in [2.05, 4.69) is 20.6 Å². The fourth-order valence-corrected chi connectivity index (χ4v) is 2.64.